The van der Waals surface area contributed by atoms with Crippen LogP contribution in [0.25, 0.3) is 0 Å². The van der Waals surface area contributed by atoms with Crippen molar-refractivity contribution in [1.82, 2.24) is 0 Å². The third-order valence-corrected chi connectivity index (χ3v) is 3.60. The van der Waals surface area contributed by atoms with Crippen LogP contribution in [0.15, 0.2) is 0 Å². The molecule has 0 bridgehead atoms. The summed E-state index contributed by atoms with van der Waals surface area (Å²) in [6.07, 6.45) is 3.49. The first kappa shape index (κ1) is 18.1. The second-order valence-corrected chi connectivity index (χ2v) is 5.26. The molecule has 5 heteroatoms. The van der Waals surface area contributed by atoms with Crippen molar-refractivity contribution in [3.8, 4) is 17.2 Å². The lowest BCUT2D eigenvalue weighted by atomic mass is 9.90. The summed E-state index contributed by atoms with van der Waals surface area (Å²) in [5.41, 5.74) is 2.80. The first-order chi connectivity index (χ1) is 10.5. The number of carbonyl (C=O) groups is 1. The number of carboxylic acid groups (broad SMARTS) is 1. The van der Waals surface area contributed by atoms with E-state index in [4.69, 9.17) is 14.6 Å². The van der Waals surface area contributed by atoms with E-state index in [9.17, 15) is 9.90 Å². The molecular formula is C17H26O5. The van der Waals surface area contributed by atoms with Gasteiger partial charge in [0, 0.05) is 11.1 Å². The number of phenols is 1. The summed E-state index contributed by atoms with van der Waals surface area (Å²) < 4.78 is 10.2. The van der Waals surface area contributed by atoms with Crippen LogP contribution in [0.1, 0.15) is 56.7 Å². The molecule has 0 aliphatic carbocycles. The summed E-state index contributed by atoms with van der Waals surface area (Å²) in [4.78, 5) is 10.9. The fourth-order valence-corrected chi connectivity index (χ4v) is 2.83. The molecule has 0 aliphatic rings. The first-order valence-electron chi connectivity index (χ1n) is 7.85. The fourth-order valence-electron chi connectivity index (χ4n) is 2.83. The third kappa shape index (κ3) is 3.84. The second-order valence-electron chi connectivity index (χ2n) is 5.26. The third-order valence-electron chi connectivity index (χ3n) is 3.60. The molecule has 0 fully saturated rings. The van der Waals surface area contributed by atoms with Gasteiger partial charge >= 0.3 is 6.16 Å². The second kappa shape index (κ2) is 8.51. The Morgan fingerprint density at radius 1 is 0.909 bits per heavy atom. The molecule has 1 rings (SSSR count). The van der Waals surface area contributed by atoms with Gasteiger partial charge in [0.25, 0.3) is 0 Å². The molecule has 0 aromatic heterocycles. The fraction of sp³-hybridized carbons (Fsp3) is 0.588. The van der Waals surface area contributed by atoms with Crippen molar-refractivity contribution in [3.63, 3.8) is 0 Å². The average Bonchev–Trinajstić information content (AvgIpc) is 2.47. The van der Waals surface area contributed by atoms with Crippen molar-refractivity contribution in [2.24, 2.45) is 0 Å². The van der Waals surface area contributed by atoms with Crippen LogP contribution in [0.3, 0.4) is 0 Å². The highest BCUT2D eigenvalue weighted by molar-refractivity contribution is 5.70. The lowest BCUT2D eigenvalue weighted by Crippen LogP contribution is -2.10. The van der Waals surface area contributed by atoms with Crippen LogP contribution in [0.5, 0.6) is 17.2 Å². The molecule has 0 spiro atoms. The zero-order valence-corrected chi connectivity index (χ0v) is 13.9. The van der Waals surface area contributed by atoms with E-state index in [1.165, 1.54) is 7.11 Å². The Morgan fingerprint density at radius 2 is 1.41 bits per heavy atom. The lowest BCUT2D eigenvalue weighted by molar-refractivity contribution is 0.141. The van der Waals surface area contributed by atoms with Crippen LogP contribution in [-0.2, 0) is 19.3 Å². The summed E-state index contributed by atoms with van der Waals surface area (Å²) in [6, 6.07) is 0. The van der Waals surface area contributed by atoms with E-state index in [2.05, 4.69) is 13.8 Å². The van der Waals surface area contributed by atoms with Gasteiger partial charge in [-0.15, -0.1) is 0 Å². The van der Waals surface area contributed by atoms with E-state index in [0.29, 0.717) is 12.2 Å². The van der Waals surface area contributed by atoms with Crippen LogP contribution < -0.4 is 9.47 Å². The highest BCUT2D eigenvalue weighted by Crippen LogP contribution is 2.46. The minimum absolute atomic E-state index is 0.0817. The van der Waals surface area contributed by atoms with Gasteiger partial charge < -0.3 is 19.7 Å². The van der Waals surface area contributed by atoms with Crippen molar-refractivity contribution in [2.75, 3.05) is 7.11 Å². The van der Waals surface area contributed by atoms with Crippen LogP contribution >= 0.6 is 0 Å². The highest BCUT2D eigenvalue weighted by Gasteiger charge is 2.26. The highest BCUT2D eigenvalue weighted by atomic mass is 16.7. The van der Waals surface area contributed by atoms with Gasteiger partial charge in [-0.2, -0.15) is 0 Å². The topological polar surface area (TPSA) is 76.0 Å². The van der Waals surface area contributed by atoms with Crippen LogP contribution in [-0.4, -0.2) is 23.5 Å². The Balaban J connectivity index is 3.66. The number of methoxy groups -OCH3 is 1. The van der Waals surface area contributed by atoms with Gasteiger partial charge in [-0.05, 0) is 24.8 Å². The van der Waals surface area contributed by atoms with Gasteiger partial charge in [0.05, 0.1) is 7.11 Å². The number of aromatic hydroxyl groups is 1. The molecule has 1 aromatic carbocycles. The maximum absolute atomic E-state index is 10.9. The first-order valence-corrected chi connectivity index (χ1v) is 7.85. The van der Waals surface area contributed by atoms with Crippen LogP contribution in [0.4, 0.5) is 4.79 Å². The summed E-state index contributed by atoms with van der Waals surface area (Å²) in [6.45, 7) is 6.16. The van der Waals surface area contributed by atoms with E-state index < -0.39 is 6.16 Å². The predicted molar refractivity (Wildman–Crippen MR) is 85.3 cm³/mol. The van der Waals surface area contributed by atoms with E-state index in [1.807, 2.05) is 6.92 Å². The summed E-state index contributed by atoms with van der Waals surface area (Å²) in [5.74, 6) is 0.149. The number of ether oxygens (including phenoxy) is 2. The normalized spacial score (nSPS) is 10.5. The van der Waals surface area contributed by atoms with E-state index in [0.717, 1.165) is 48.8 Å². The van der Waals surface area contributed by atoms with E-state index in [1.54, 1.807) is 0 Å². The van der Waals surface area contributed by atoms with Gasteiger partial charge in [-0.25, -0.2) is 4.79 Å². The number of benzene rings is 1. The van der Waals surface area contributed by atoms with Gasteiger partial charge in [0.2, 0.25) is 5.75 Å². The number of rotatable bonds is 8. The smallest absolute Gasteiger partial charge is 0.504 e. The molecule has 2 N–H and O–H groups in total. The quantitative estimate of drug-likeness (QED) is 0.552. The van der Waals surface area contributed by atoms with Crippen molar-refractivity contribution < 1.29 is 24.5 Å². The zero-order valence-electron chi connectivity index (χ0n) is 13.9. The number of phenolic OH excluding ortho intramolecular Hbond substituents is 1. The Labute approximate surface area is 131 Å². The van der Waals surface area contributed by atoms with Crippen molar-refractivity contribution in [2.45, 2.75) is 59.3 Å². The van der Waals surface area contributed by atoms with Crippen molar-refractivity contribution in [3.05, 3.63) is 16.7 Å². The lowest BCUT2D eigenvalue weighted by Gasteiger charge is -2.22. The molecule has 0 aliphatic heterocycles. The molecule has 0 radical (unpaired) electrons. The molecule has 0 unspecified atom stereocenters. The molecule has 0 saturated heterocycles. The Morgan fingerprint density at radius 3 is 1.86 bits per heavy atom. The standard InChI is InChI=1S/C17H26O5/c1-5-8-11-12(9-6-2)14(18)16(22-17(19)20)15(21-4)13(11)10-7-3/h18H,5-10H2,1-4H3,(H,19,20). The number of hydrogen-bond acceptors (Lipinski definition) is 4. The maximum Gasteiger partial charge on any atom is 0.511 e. The average molecular weight is 310 g/mol. The van der Waals surface area contributed by atoms with Crippen LogP contribution in [0, 0.1) is 0 Å². The van der Waals surface area contributed by atoms with Gasteiger partial charge in [0.1, 0.15) is 0 Å². The van der Waals surface area contributed by atoms with Crippen molar-refractivity contribution in [1.29, 1.82) is 0 Å². The molecule has 0 amide bonds. The molecule has 22 heavy (non-hydrogen) atoms. The minimum atomic E-state index is -1.46. The van der Waals surface area contributed by atoms with E-state index in [-0.39, 0.29) is 11.5 Å². The summed E-state index contributed by atoms with van der Waals surface area (Å²) >= 11 is 0. The summed E-state index contributed by atoms with van der Waals surface area (Å²) in [5, 5.41) is 19.4. The molecular weight excluding hydrogens is 284 g/mol. The molecule has 124 valence electrons. The van der Waals surface area contributed by atoms with E-state index >= 15 is 0 Å². The SMILES string of the molecule is CCCc1c(O)c(OC(=O)O)c(OC)c(CCC)c1CCC. The van der Waals surface area contributed by atoms with Gasteiger partial charge in [-0.1, -0.05) is 40.0 Å². The number of hydrogen-bond donors (Lipinski definition) is 2. The summed E-state index contributed by atoms with van der Waals surface area (Å²) in [7, 11) is 1.47. The minimum Gasteiger partial charge on any atom is -0.504 e. The molecule has 5 nitrogen and oxygen atoms in total. The molecule has 1 aromatic rings. The molecule has 0 heterocycles. The van der Waals surface area contributed by atoms with Gasteiger partial charge in [-0.3, -0.25) is 0 Å². The Kier molecular flexibility index (Phi) is 7.02. The molecule has 0 saturated carbocycles. The van der Waals surface area contributed by atoms with Crippen molar-refractivity contribution >= 4 is 6.16 Å². The Bertz CT molecular complexity index is 523. The largest absolute Gasteiger partial charge is 0.511 e. The monoisotopic (exact) mass is 310 g/mol. The Hall–Kier alpha value is -1.91. The zero-order chi connectivity index (χ0) is 16.7. The van der Waals surface area contributed by atoms with Gasteiger partial charge in [0.15, 0.2) is 11.5 Å². The van der Waals surface area contributed by atoms with Crippen LogP contribution in [0.2, 0.25) is 0 Å². The molecule has 0 atom stereocenters. The maximum atomic E-state index is 10.9. The predicted octanol–water partition coefficient (Wildman–Crippen LogP) is 4.32.